The largest absolute Gasteiger partial charge is 0.481 e. The molecule has 0 saturated heterocycles. The summed E-state index contributed by atoms with van der Waals surface area (Å²) in [6.45, 7) is 13.8. The van der Waals surface area contributed by atoms with E-state index in [1.165, 1.54) is 18.7 Å². The van der Waals surface area contributed by atoms with Gasteiger partial charge in [-0.15, -0.1) is 11.8 Å². The molecular weight excluding hydrogens is 602 g/mol. The van der Waals surface area contributed by atoms with Crippen LogP contribution in [0.5, 0.6) is 0 Å². The quantitative estimate of drug-likeness (QED) is 0.235. The second-order valence-corrected chi connectivity index (χ2v) is 16.1. The lowest BCUT2D eigenvalue weighted by Gasteiger charge is -2.76. The molecule has 1 aromatic carbocycles. The van der Waals surface area contributed by atoms with Crippen LogP contribution in [-0.4, -0.2) is 69.8 Å². The number of carboxylic acid groups (broad SMARTS) is 1. The molecule has 252 valence electrons. The molecule has 3 fully saturated rings. The summed E-state index contributed by atoms with van der Waals surface area (Å²) >= 11 is 1.38. The number of thioether (sulfide) groups is 1. The van der Waals surface area contributed by atoms with E-state index in [4.69, 9.17) is 9.73 Å². The van der Waals surface area contributed by atoms with Crippen molar-refractivity contribution in [3.05, 3.63) is 47.2 Å². The Morgan fingerprint density at radius 1 is 1.11 bits per heavy atom. The number of ether oxygens (including phenoxy) is 1. The topological polar surface area (TPSA) is 125 Å². The summed E-state index contributed by atoms with van der Waals surface area (Å²) in [6.07, 6.45) is 4.14. The Balaban J connectivity index is 1.43. The molecule has 3 aliphatic carbocycles. The van der Waals surface area contributed by atoms with Crippen molar-refractivity contribution in [1.82, 2.24) is 10.2 Å². The van der Waals surface area contributed by atoms with E-state index >= 15 is 0 Å². The molecule has 46 heavy (non-hydrogen) atoms. The van der Waals surface area contributed by atoms with Crippen LogP contribution in [-0.2, 0) is 30.3 Å². The lowest BCUT2D eigenvalue weighted by Crippen LogP contribution is -2.67. The first kappa shape index (κ1) is 35.7. The predicted molar refractivity (Wildman–Crippen MR) is 181 cm³/mol. The highest BCUT2D eigenvalue weighted by atomic mass is 32.2. The predicted octanol–water partition coefficient (Wildman–Crippen LogP) is 6.02. The summed E-state index contributed by atoms with van der Waals surface area (Å²) in [4.78, 5) is 57.2. The molecule has 0 radical (unpaired) electrons. The van der Waals surface area contributed by atoms with Gasteiger partial charge >= 0.3 is 11.9 Å². The van der Waals surface area contributed by atoms with Gasteiger partial charge in [0.25, 0.3) is 0 Å². The van der Waals surface area contributed by atoms with Crippen molar-refractivity contribution < 1.29 is 29.0 Å². The SMILES string of the molecule is CC(=O)O[C@H](CC(=C(C)C)N(C)C(=O)CC12CC(C(C)(C)C)(C1)C2)C1=NC(C(=O)N[C@@H](Cc2ccccc2)C[C@H](C)C(=O)O)CS1. The van der Waals surface area contributed by atoms with Gasteiger partial charge in [0.15, 0.2) is 6.10 Å². The fourth-order valence-corrected chi connectivity index (χ4v) is 8.50. The van der Waals surface area contributed by atoms with Gasteiger partial charge in [0.05, 0.1) is 5.92 Å². The highest BCUT2D eigenvalue weighted by Gasteiger charge is 2.71. The molecule has 2 N–H and O–H groups in total. The van der Waals surface area contributed by atoms with Crippen LogP contribution in [0, 0.1) is 22.2 Å². The first-order chi connectivity index (χ1) is 21.4. The normalized spacial score (nSPS) is 25.1. The third kappa shape index (κ3) is 8.04. The first-order valence-corrected chi connectivity index (χ1v) is 17.3. The number of amides is 2. The zero-order valence-electron chi connectivity index (χ0n) is 28.6. The molecular formula is C36H51N3O6S. The summed E-state index contributed by atoms with van der Waals surface area (Å²) in [5, 5.41) is 13.1. The van der Waals surface area contributed by atoms with Crippen LogP contribution in [0.4, 0.5) is 0 Å². The Kier molecular flexibility index (Phi) is 10.8. The van der Waals surface area contributed by atoms with Crippen molar-refractivity contribution >= 4 is 40.6 Å². The minimum Gasteiger partial charge on any atom is -0.481 e. The highest BCUT2D eigenvalue weighted by Crippen LogP contribution is 2.80. The molecule has 4 atom stereocenters. The van der Waals surface area contributed by atoms with Crippen LogP contribution in [0.25, 0.3) is 0 Å². The van der Waals surface area contributed by atoms with Crippen molar-refractivity contribution in [3.63, 3.8) is 0 Å². The zero-order valence-corrected chi connectivity index (χ0v) is 29.5. The average Bonchev–Trinajstić information content (AvgIpc) is 3.41. The number of carbonyl (C=O) groups is 4. The number of benzene rings is 1. The lowest BCUT2D eigenvalue weighted by atomic mass is 9.29. The minimum absolute atomic E-state index is 0.0679. The van der Waals surface area contributed by atoms with E-state index in [0.717, 1.165) is 36.1 Å². The van der Waals surface area contributed by atoms with E-state index in [0.29, 0.717) is 29.1 Å². The number of aliphatic carboxylic acids is 1. The molecule has 2 bridgehead atoms. The fourth-order valence-electron chi connectivity index (χ4n) is 7.42. The third-order valence-corrected chi connectivity index (χ3v) is 11.4. The number of nitrogens with one attached hydrogen (secondary N) is 1. The van der Waals surface area contributed by atoms with Crippen LogP contribution in [0.1, 0.15) is 92.6 Å². The Morgan fingerprint density at radius 2 is 1.74 bits per heavy atom. The molecule has 2 amide bonds. The van der Waals surface area contributed by atoms with E-state index in [9.17, 15) is 24.3 Å². The van der Waals surface area contributed by atoms with Gasteiger partial charge in [0.2, 0.25) is 11.8 Å². The van der Waals surface area contributed by atoms with Crippen LogP contribution >= 0.6 is 11.8 Å². The Bertz CT molecular complexity index is 1370. The number of aliphatic imine (C=N–C) groups is 1. The summed E-state index contributed by atoms with van der Waals surface area (Å²) in [7, 11) is 1.80. The molecule has 5 rings (SSSR count). The summed E-state index contributed by atoms with van der Waals surface area (Å²) in [5.41, 5.74) is 3.46. The third-order valence-electron chi connectivity index (χ3n) is 10.3. The van der Waals surface area contributed by atoms with Crippen LogP contribution in [0.2, 0.25) is 0 Å². The van der Waals surface area contributed by atoms with E-state index in [1.54, 1.807) is 18.9 Å². The molecule has 1 unspecified atom stereocenters. The number of hydrogen-bond donors (Lipinski definition) is 2. The van der Waals surface area contributed by atoms with Gasteiger partial charge in [-0.25, -0.2) is 0 Å². The molecule has 0 aromatic heterocycles. The van der Waals surface area contributed by atoms with Gasteiger partial charge in [0, 0.05) is 44.3 Å². The van der Waals surface area contributed by atoms with Gasteiger partial charge in [-0.2, -0.15) is 0 Å². The number of carboxylic acids is 1. The molecule has 1 heterocycles. The molecule has 0 spiro atoms. The molecule has 3 saturated carbocycles. The Labute approximate surface area is 278 Å². The van der Waals surface area contributed by atoms with Crippen molar-refractivity contribution in [1.29, 1.82) is 0 Å². The smallest absolute Gasteiger partial charge is 0.306 e. The fraction of sp³-hybridized carbons (Fsp3) is 0.639. The summed E-state index contributed by atoms with van der Waals surface area (Å²) < 4.78 is 5.74. The van der Waals surface area contributed by atoms with Crippen LogP contribution in [0.15, 0.2) is 46.6 Å². The van der Waals surface area contributed by atoms with Gasteiger partial charge in [-0.05, 0) is 67.8 Å². The van der Waals surface area contributed by atoms with Gasteiger partial charge < -0.3 is 20.1 Å². The van der Waals surface area contributed by atoms with Crippen molar-refractivity contribution in [2.24, 2.45) is 27.2 Å². The number of hydrogen-bond acceptors (Lipinski definition) is 7. The van der Waals surface area contributed by atoms with Crippen LogP contribution < -0.4 is 5.32 Å². The van der Waals surface area contributed by atoms with E-state index < -0.39 is 30.0 Å². The maximum atomic E-state index is 13.6. The Morgan fingerprint density at radius 3 is 2.28 bits per heavy atom. The number of allylic oxidation sites excluding steroid dienone is 1. The molecule has 4 aliphatic rings. The highest BCUT2D eigenvalue weighted by molar-refractivity contribution is 8.14. The number of carbonyl (C=O) groups excluding carboxylic acids is 3. The van der Waals surface area contributed by atoms with E-state index in [-0.39, 0.29) is 41.5 Å². The molecule has 1 aromatic rings. The summed E-state index contributed by atoms with van der Waals surface area (Å²) in [6, 6.07) is 8.56. The average molecular weight is 654 g/mol. The van der Waals surface area contributed by atoms with Crippen molar-refractivity contribution in [2.45, 2.75) is 112 Å². The number of rotatable bonds is 14. The molecule has 9 nitrogen and oxygen atoms in total. The van der Waals surface area contributed by atoms with Gasteiger partial charge in [0.1, 0.15) is 11.1 Å². The molecule has 10 heteroatoms. The van der Waals surface area contributed by atoms with Crippen molar-refractivity contribution in [2.75, 3.05) is 12.8 Å². The maximum Gasteiger partial charge on any atom is 0.306 e. The number of esters is 1. The standard InChI is InChI=1S/C36H51N3O6S/c1-22(2)28(39(8)30(41)17-35-19-36(20-35,21-35)34(5,6)7)16-29(45-24(4)40)32-38-27(18-46-32)31(42)37-26(14-23(3)33(43)44)15-25-12-10-9-11-13-25/h9-13,23,26-27,29H,14-21H2,1-8H3,(H,37,42)(H,43,44)/t23-,26+,27?,29+,35?,36?/m0/s1. The van der Waals surface area contributed by atoms with Gasteiger partial charge in [-0.3, -0.25) is 24.2 Å². The second kappa shape index (κ2) is 13.9. The Hall–Kier alpha value is -3.14. The zero-order chi connectivity index (χ0) is 34.0. The lowest BCUT2D eigenvalue weighted by molar-refractivity contribution is -0.260. The van der Waals surface area contributed by atoms with E-state index in [1.807, 2.05) is 44.2 Å². The first-order valence-electron chi connectivity index (χ1n) is 16.3. The molecule has 1 aliphatic heterocycles. The monoisotopic (exact) mass is 653 g/mol. The number of nitrogens with zero attached hydrogens (tertiary/aromatic N) is 2. The minimum atomic E-state index is -0.912. The van der Waals surface area contributed by atoms with Crippen molar-refractivity contribution in [3.8, 4) is 0 Å². The van der Waals surface area contributed by atoms with Gasteiger partial charge in [-0.1, -0.05) is 63.6 Å². The van der Waals surface area contributed by atoms with E-state index in [2.05, 4.69) is 26.1 Å². The second-order valence-electron chi connectivity index (χ2n) is 15.1. The maximum absolute atomic E-state index is 13.6. The van der Waals surface area contributed by atoms with Crippen LogP contribution in [0.3, 0.4) is 0 Å². The summed E-state index contributed by atoms with van der Waals surface area (Å²) in [5.74, 6) is -1.85.